The Hall–Kier alpha value is -1.09. The maximum absolute atomic E-state index is 5.10. The van der Waals surface area contributed by atoms with Crippen LogP contribution in [-0.2, 0) is 6.42 Å². The van der Waals surface area contributed by atoms with E-state index in [1.165, 1.54) is 12.0 Å². The Bertz CT molecular complexity index is 306. The lowest BCUT2D eigenvalue weighted by atomic mass is 10.1. The highest BCUT2D eigenvalue weighted by atomic mass is 32.1. The molecule has 0 saturated heterocycles. The van der Waals surface area contributed by atoms with Gasteiger partial charge in [0, 0.05) is 12.2 Å². The number of aryl methyl sites for hydroxylation is 1. The normalized spacial score (nSPS) is 9.73. The molecule has 0 aliphatic carbocycles. The number of nitrogens with one attached hydrogen (secondary N) is 2. The maximum Gasteiger partial charge on any atom is 0.170 e. The zero-order valence-electron chi connectivity index (χ0n) is 9.34. The van der Waals surface area contributed by atoms with Crippen LogP contribution in [0.3, 0.4) is 0 Å². The average molecular weight is 222 g/mol. The van der Waals surface area contributed by atoms with E-state index >= 15 is 0 Å². The highest BCUT2D eigenvalue weighted by Crippen LogP contribution is 2.10. The highest BCUT2D eigenvalue weighted by Gasteiger charge is 1.96. The zero-order valence-corrected chi connectivity index (χ0v) is 10.2. The quantitative estimate of drug-likeness (QED) is 0.766. The lowest BCUT2D eigenvalue weighted by Crippen LogP contribution is -2.27. The Morgan fingerprint density at radius 3 is 2.40 bits per heavy atom. The Morgan fingerprint density at radius 2 is 1.87 bits per heavy atom. The van der Waals surface area contributed by atoms with E-state index in [4.69, 9.17) is 12.2 Å². The molecule has 0 heterocycles. The van der Waals surface area contributed by atoms with Crippen LogP contribution in [0.2, 0.25) is 0 Å². The van der Waals surface area contributed by atoms with Crippen LogP contribution >= 0.6 is 12.2 Å². The molecule has 0 radical (unpaired) electrons. The fraction of sp³-hybridized carbons (Fsp3) is 0.417. The number of hydrogen-bond donors (Lipinski definition) is 2. The van der Waals surface area contributed by atoms with Crippen molar-refractivity contribution in [2.45, 2.75) is 26.7 Å². The summed E-state index contributed by atoms with van der Waals surface area (Å²) in [4.78, 5) is 0. The fourth-order valence-electron chi connectivity index (χ4n) is 1.38. The van der Waals surface area contributed by atoms with Gasteiger partial charge in [-0.25, -0.2) is 0 Å². The van der Waals surface area contributed by atoms with Crippen LogP contribution in [-0.4, -0.2) is 11.7 Å². The van der Waals surface area contributed by atoms with Crippen LogP contribution in [0.1, 0.15) is 25.8 Å². The first-order valence-corrected chi connectivity index (χ1v) is 5.81. The van der Waals surface area contributed by atoms with E-state index in [9.17, 15) is 0 Å². The van der Waals surface area contributed by atoms with Crippen molar-refractivity contribution < 1.29 is 0 Å². The summed E-state index contributed by atoms with van der Waals surface area (Å²) in [5.41, 5.74) is 2.42. The van der Waals surface area contributed by atoms with E-state index in [1.807, 2.05) is 6.92 Å². The Labute approximate surface area is 97.1 Å². The summed E-state index contributed by atoms with van der Waals surface area (Å²) < 4.78 is 0. The van der Waals surface area contributed by atoms with Crippen LogP contribution < -0.4 is 10.6 Å². The Balaban J connectivity index is 2.52. The molecule has 0 aromatic heterocycles. The smallest absolute Gasteiger partial charge is 0.170 e. The lowest BCUT2D eigenvalue weighted by molar-refractivity contribution is 0.922. The van der Waals surface area contributed by atoms with Gasteiger partial charge in [-0.3, -0.25) is 0 Å². The van der Waals surface area contributed by atoms with Crippen molar-refractivity contribution in [1.82, 2.24) is 5.32 Å². The number of anilines is 1. The van der Waals surface area contributed by atoms with Gasteiger partial charge in [0.2, 0.25) is 0 Å². The molecule has 0 spiro atoms. The molecule has 0 unspecified atom stereocenters. The van der Waals surface area contributed by atoms with Crippen LogP contribution in [0.5, 0.6) is 0 Å². The van der Waals surface area contributed by atoms with Crippen molar-refractivity contribution in [1.29, 1.82) is 0 Å². The number of rotatable bonds is 4. The summed E-state index contributed by atoms with van der Waals surface area (Å²) in [5, 5.41) is 6.87. The van der Waals surface area contributed by atoms with E-state index in [-0.39, 0.29) is 0 Å². The van der Waals surface area contributed by atoms with Crippen molar-refractivity contribution in [2.75, 3.05) is 11.9 Å². The van der Waals surface area contributed by atoms with E-state index in [2.05, 4.69) is 41.8 Å². The minimum atomic E-state index is 0.681. The third-order valence-electron chi connectivity index (χ3n) is 2.09. The molecular formula is C12H18N2S. The third-order valence-corrected chi connectivity index (χ3v) is 2.33. The monoisotopic (exact) mass is 222 g/mol. The van der Waals surface area contributed by atoms with E-state index < -0.39 is 0 Å². The van der Waals surface area contributed by atoms with Gasteiger partial charge in [-0.1, -0.05) is 25.5 Å². The number of hydrogen-bond acceptors (Lipinski definition) is 1. The molecule has 1 aromatic rings. The Morgan fingerprint density at radius 1 is 1.20 bits per heavy atom. The van der Waals surface area contributed by atoms with Crippen LogP contribution in [0.4, 0.5) is 5.69 Å². The molecule has 0 fully saturated rings. The zero-order chi connectivity index (χ0) is 11.1. The molecular weight excluding hydrogens is 204 g/mol. The first-order valence-electron chi connectivity index (χ1n) is 5.40. The largest absolute Gasteiger partial charge is 0.363 e. The lowest BCUT2D eigenvalue weighted by Gasteiger charge is -2.09. The van der Waals surface area contributed by atoms with Gasteiger partial charge in [0.05, 0.1) is 0 Å². The SMILES string of the molecule is CCCc1ccc(NC(=S)NCC)cc1. The minimum absolute atomic E-state index is 0.681. The van der Waals surface area contributed by atoms with Gasteiger partial charge in [-0.05, 0) is 43.3 Å². The maximum atomic E-state index is 5.10. The molecule has 0 aliphatic rings. The van der Waals surface area contributed by atoms with Gasteiger partial charge < -0.3 is 10.6 Å². The molecule has 0 bridgehead atoms. The van der Waals surface area contributed by atoms with Crippen LogP contribution in [0.25, 0.3) is 0 Å². The van der Waals surface area contributed by atoms with E-state index in [0.29, 0.717) is 5.11 Å². The number of thiocarbonyl (C=S) groups is 1. The molecule has 0 saturated carbocycles. The summed E-state index contributed by atoms with van der Waals surface area (Å²) in [6, 6.07) is 8.41. The predicted octanol–water partition coefficient (Wildman–Crippen LogP) is 2.95. The summed E-state index contributed by atoms with van der Waals surface area (Å²) in [6.45, 7) is 5.06. The van der Waals surface area contributed by atoms with E-state index in [0.717, 1.165) is 18.7 Å². The van der Waals surface area contributed by atoms with Gasteiger partial charge in [0.1, 0.15) is 0 Å². The van der Waals surface area contributed by atoms with Crippen molar-refractivity contribution in [3.8, 4) is 0 Å². The average Bonchev–Trinajstić information content (AvgIpc) is 2.22. The van der Waals surface area contributed by atoms with Gasteiger partial charge in [-0.15, -0.1) is 0 Å². The second kappa shape index (κ2) is 6.40. The van der Waals surface area contributed by atoms with Gasteiger partial charge in [0.25, 0.3) is 0 Å². The summed E-state index contributed by atoms with van der Waals surface area (Å²) in [5.74, 6) is 0. The molecule has 3 heteroatoms. The standard InChI is InChI=1S/C12H18N2S/c1-3-5-10-6-8-11(9-7-10)14-12(15)13-4-2/h6-9H,3-5H2,1-2H3,(H2,13,14,15). The first-order chi connectivity index (χ1) is 7.26. The molecule has 2 N–H and O–H groups in total. The van der Waals surface area contributed by atoms with Gasteiger partial charge >= 0.3 is 0 Å². The summed E-state index contributed by atoms with van der Waals surface area (Å²) in [7, 11) is 0. The second-order valence-corrected chi connectivity index (χ2v) is 3.84. The van der Waals surface area contributed by atoms with Gasteiger partial charge in [0.15, 0.2) is 5.11 Å². The van der Waals surface area contributed by atoms with Crippen molar-refractivity contribution >= 4 is 23.0 Å². The first kappa shape index (κ1) is 12.0. The van der Waals surface area contributed by atoms with Crippen molar-refractivity contribution in [3.63, 3.8) is 0 Å². The minimum Gasteiger partial charge on any atom is -0.363 e. The molecule has 1 aromatic carbocycles. The molecule has 0 amide bonds. The molecule has 15 heavy (non-hydrogen) atoms. The fourth-order valence-corrected chi connectivity index (χ4v) is 1.64. The van der Waals surface area contributed by atoms with Crippen molar-refractivity contribution in [2.24, 2.45) is 0 Å². The Kier molecular flexibility index (Phi) is 5.12. The second-order valence-electron chi connectivity index (χ2n) is 3.43. The van der Waals surface area contributed by atoms with Crippen LogP contribution in [0.15, 0.2) is 24.3 Å². The predicted molar refractivity (Wildman–Crippen MR) is 70.3 cm³/mol. The molecule has 1 rings (SSSR count). The van der Waals surface area contributed by atoms with Crippen molar-refractivity contribution in [3.05, 3.63) is 29.8 Å². The highest BCUT2D eigenvalue weighted by molar-refractivity contribution is 7.80. The van der Waals surface area contributed by atoms with Crippen LogP contribution in [0, 0.1) is 0 Å². The third kappa shape index (κ3) is 4.30. The molecule has 0 atom stereocenters. The molecule has 0 aliphatic heterocycles. The molecule has 82 valence electrons. The summed E-state index contributed by atoms with van der Waals surface area (Å²) in [6.07, 6.45) is 2.32. The van der Waals surface area contributed by atoms with Gasteiger partial charge in [-0.2, -0.15) is 0 Å². The molecule has 2 nitrogen and oxygen atoms in total. The number of benzene rings is 1. The van der Waals surface area contributed by atoms with E-state index in [1.54, 1.807) is 0 Å². The summed E-state index contributed by atoms with van der Waals surface area (Å²) >= 11 is 5.10. The topological polar surface area (TPSA) is 24.1 Å².